The lowest BCUT2D eigenvalue weighted by Gasteiger charge is -2.00. The minimum atomic E-state index is 0.890. The molecule has 0 atom stereocenters. The summed E-state index contributed by atoms with van der Waals surface area (Å²) < 4.78 is 0.890. The van der Waals surface area contributed by atoms with E-state index in [0.717, 1.165) is 34.9 Å². The number of nitrogens with zero attached hydrogens (tertiary/aromatic N) is 2. The van der Waals surface area contributed by atoms with Crippen molar-refractivity contribution < 1.29 is 0 Å². The van der Waals surface area contributed by atoms with Crippen molar-refractivity contribution in [3.63, 3.8) is 0 Å². The fraction of sp³-hybridized carbons (Fsp3) is 0.333. The maximum absolute atomic E-state index is 4.25. The van der Waals surface area contributed by atoms with Crippen LogP contribution in [-0.4, -0.2) is 21.5 Å². The van der Waals surface area contributed by atoms with E-state index in [4.69, 9.17) is 0 Å². The van der Waals surface area contributed by atoms with Gasteiger partial charge in [0.05, 0.1) is 0 Å². The highest BCUT2D eigenvalue weighted by Gasteiger charge is 1.98. The van der Waals surface area contributed by atoms with Crippen LogP contribution >= 0.6 is 27.3 Å². The molecule has 0 radical (unpaired) electrons. The first kappa shape index (κ1) is 10.6. The largest absolute Gasteiger partial charge is 0.361 e. The molecule has 2 aromatic rings. The Morgan fingerprint density at radius 2 is 2.47 bits per heavy atom. The molecule has 0 aromatic carbocycles. The predicted octanol–water partition coefficient (Wildman–Crippen LogP) is 2.67. The summed E-state index contributed by atoms with van der Waals surface area (Å²) in [5.41, 5.74) is 0. The van der Waals surface area contributed by atoms with Crippen LogP contribution in [0.5, 0.6) is 0 Å². The lowest BCUT2D eigenvalue weighted by atomic mass is 10.3. The summed E-state index contributed by atoms with van der Waals surface area (Å²) in [6, 6.07) is 0. The molecule has 0 spiro atoms. The van der Waals surface area contributed by atoms with Crippen LogP contribution in [0, 0.1) is 0 Å². The zero-order valence-electron chi connectivity index (χ0n) is 8.03. The van der Waals surface area contributed by atoms with Crippen molar-refractivity contribution in [1.29, 1.82) is 0 Å². The predicted molar refractivity (Wildman–Crippen MR) is 65.2 cm³/mol. The van der Waals surface area contributed by atoms with Gasteiger partial charge >= 0.3 is 0 Å². The maximum Gasteiger partial charge on any atom is 0.183 e. The van der Waals surface area contributed by atoms with Crippen LogP contribution in [0.4, 0.5) is 5.13 Å². The van der Waals surface area contributed by atoms with Gasteiger partial charge in [-0.1, -0.05) is 0 Å². The Kier molecular flexibility index (Phi) is 3.74. The Balaban J connectivity index is 1.67. The van der Waals surface area contributed by atoms with E-state index in [-0.39, 0.29) is 0 Å². The molecule has 2 aromatic heterocycles. The molecule has 0 amide bonds. The number of hydrogen-bond acceptors (Lipinski definition) is 4. The summed E-state index contributed by atoms with van der Waals surface area (Å²) >= 11 is 4.92. The molecule has 0 aliphatic rings. The van der Waals surface area contributed by atoms with E-state index in [0.29, 0.717) is 0 Å². The van der Waals surface area contributed by atoms with Crippen molar-refractivity contribution >= 4 is 32.4 Å². The first-order valence-corrected chi connectivity index (χ1v) is 6.35. The van der Waals surface area contributed by atoms with Gasteiger partial charge in [0.1, 0.15) is 10.4 Å². The molecule has 0 bridgehead atoms. The first-order chi connectivity index (χ1) is 7.34. The normalized spacial score (nSPS) is 10.5. The molecule has 0 saturated heterocycles. The molecule has 2 heterocycles. The summed E-state index contributed by atoms with van der Waals surface area (Å²) in [6.07, 6.45) is 5.64. The van der Waals surface area contributed by atoms with Crippen molar-refractivity contribution in [3.8, 4) is 0 Å². The van der Waals surface area contributed by atoms with Crippen LogP contribution in [0.2, 0.25) is 0 Å². The van der Waals surface area contributed by atoms with E-state index in [1.165, 1.54) is 0 Å². The SMILES string of the molecule is Brc1csc(NCCCc2ncc[nH]2)n1. The molecule has 0 saturated carbocycles. The van der Waals surface area contributed by atoms with E-state index in [1.54, 1.807) is 17.5 Å². The van der Waals surface area contributed by atoms with Gasteiger partial charge in [-0.2, -0.15) is 0 Å². The standard InChI is InChI=1S/C9H11BrN4S/c10-7-6-15-9(14-7)13-3-1-2-8-11-4-5-12-8/h4-6H,1-3H2,(H,11,12)(H,13,14). The lowest BCUT2D eigenvalue weighted by molar-refractivity contribution is 0.815. The van der Waals surface area contributed by atoms with Gasteiger partial charge in [-0.15, -0.1) is 11.3 Å². The Bertz CT molecular complexity index is 398. The number of H-pyrrole nitrogens is 1. The van der Waals surface area contributed by atoms with Gasteiger partial charge < -0.3 is 10.3 Å². The van der Waals surface area contributed by atoms with Gasteiger partial charge in [0.2, 0.25) is 0 Å². The number of hydrogen-bond donors (Lipinski definition) is 2. The topological polar surface area (TPSA) is 53.6 Å². The summed E-state index contributed by atoms with van der Waals surface area (Å²) in [4.78, 5) is 11.5. The minimum absolute atomic E-state index is 0.890. The molecular weight excluding hydrogens is 276 g/mol. The molecule has 80 valence electrons. The van der Waals surface area contributed by atoms with Crippen LogP contribution in [-0.2, 0) is 6.42 Å². The number of thiazole rings is 1. The van der Waals surface area contributed by atoms with Crippen molar-refractivity contribution in [2.24, 2.45) is 0 Å². The lowest BCUT2D eigenvalue weighted by Crippen LogP contribution is -2.03. The number of halogens is 1. The molecule has 0 unspecified atom stereocenters. The first-order valence-electron chi connectivity index (χ1n) is 4.68. The summed E-state index contributed by atoms with van der Waals surface area (Å²) in [5, 5.41) is 6.19. The minimum Gasteiger partial charge on any atom is -0.361 e. The van der Waals surface area contributed by atoms with Crippen LogP contribution in [0.3, 0.4) is 0 Å². The fourth-order valence-electron chi connectivity index (χ4n) is 1.22. The number of rotatable bonds is 5. The van der Waals surface area contributed by atoms with Crippen LogP contribution in [0.25, 0.3) is 0 Å². The zero-order valence-corrected chi connectivity index (χ0v) is 10.4. The van der Waals surface area contributed by atoms with E-state index in [1.807, 2.05) is 11.6 Å². The van der Waals surface area contributed by atoms with E-state index in [9.17, 15) is 0 Å². The summed E-state index contributed by atoms with van der Waals surface area (Å²) in [7, 11) is 0. The Morgan fingerprint density at radius 1 is 1.53 bits per heavy atom. The van der Waals surface area contributed by atoms with Crippen molar-refractivity contribution in [1.82, 2.24) is 15.0 Å². The highest BCUT2D eigenvalue weighted by molar-refractivity contribution is 9.10. The quantitative estimate of drug-likeness (QED) is 0.831. The Morgan fingerprint density at radius 3 is 3.13 bits per heavy atom. The third-order valence-corrected chi connectivity index (χ3v) is 3.41. The second-order valence-corrected chi connectivity index (χ2v) is 4.71. The van der Waals surface area contributed by atoms with Gasteiger partial charge in [0, 0.05) is 30.7 Å². The van der Waals surface area contributed by atoms with Crippen molar-refractivity contribution in [2.75, 3.05) is 11.9 Å². The monoisotopic (exact) mass is 286 g/mol. The number of aromatic nitrogens is 3. The zero-order chi connectivity index (χ0) is 10.5. The fourth-order valence-corrected chi connectivity index (χ4v) is 2.39. The number of imidazole rings is 1. The number of nitrogens with one attached hydrogen (secondary N) is 2. The van der Waals surface area contributed by atoms with Crippen LogP contribution < -0.4 is 5.32 Å². The average Bonchev–Trinajstić information content (AvgIpc) is 2.84. The van der Waals surface area contributed by atoms with Gasteiger partial charge in [-0.25, -0.2) is 9.97 Å². The smallest absolute Gasteiger partial charge is 0.183 e. The van der Waals surface area contributed by atoms with Crippen LogP contribution in [0.15, 0.2) is 22.4 Å². The second-order valence-electron chi connectivity index (χ2n) is 3.04. The summed E-state index contributed by atoms with van der Waals surface area (Å²) in [5.74, 6) is 1.04. The molecule has 2 N–H and O–H groups in total. The van der Waals surface area contributed by atoms with Crippen molar-refractivity contribution in [3.05, 3.63) is 28.2 Å². The molecule has 15 heavy (non-hydrogen) atoms. The third kappa shape index (κ3) is 3.32. The van der Waals surface area contributed by atoms with Gasteiger partial charge in [0.25, 0.3) is 0 Å². The maximum atomic E-state index is 4.25. The van der Waals surface area contributed by atoms with Gasteiger partial charge in [0.15, 0.2) is 5.13 Å². The molecule has 4 nitrogen and oxygen atoms in total. The highest BCUT2D eigenvalue weighted by atomic mass is 79.9. The van der Waals surface area contributed by atoms with Crippen LogP contribution in [0.1, 0.15) is 12.2 Å². The molecule has 0 aliphatic carbocycles. The molecule has 0 fully saturated rings. The molecular formula is C9H11BrN4S. The average molecular weight is 287 g/mol. The number of aromatic amines is 1. The molecule has 0 aliphatic heterocycles. The number of aryl methyl sites for hydroxylation is 1. The second kappa shape index (κ2) is 5.27. The van der Waals surface area contributed by atoms with E-state index < -0.39 is 0 Å². The van der Waals surface area contributed by atoms with E-state index >= 15 is 0 Å². The molecule has 2 rings (SSSR count). The third-order valence-electron chi connectivity index (χ3n) is 1.90. The van der Waals surface area contributed by atoms with E-state index in [2.05, 4.69) is 36.2 Å². The Labute approximate surface area is 100 Å². The van der Waals surface area contributed by atoms with Crippen molar-refractivity contribution in [2.45, 2.75) is 12.8 Å². The summed E-state index contributed by atoms with van der Waals surface area (Å²) in [6.45, 7) is 0.917. The van der Waals surface area contributed by atoms with Gasteiger partial charge in [-0.05, 0) is 22.4 Å². The Hall–Kier alpha value is -0.880. The highest BCUT2D eigenvalue weighted by Crippen LogP contribution is 2.19. The molecule has 6 heteroatoms. The van der Waals surface area contributed by atoms with Gasteiger partial charge in [-0.3, -0.25) is 0 Å². The number of anilines is 1.